The smallest absolute Gasteiger partial charge is 0.222 e. The molecular weight excluding hydrogens is 480 g/mol. The van der Waals surface area contributed by atoms with Crippen LogP contribution in [0.25, 0.3) is 5.69 Å². The van der Waals surface area contributed by atoms with Crippen LogP contribution in [0.15, 0.2) is 90.3 Å². The second kappa shape index (κ2) is 14.0. The first-order valence-corrected chi connectivity index (χ1v) is 13.4. The van der Waals surface area contributed by atoms with Crippen LogP contribution in [-0.4, -0.2) is 42.9 Å². The Balaban J connectivity index is 1.33. The molecule has 0 bridgehead atoms. The van der Waals surface area contributed by atoms with E-state index in [9.17, 15) is 4.79 Å². The highest BCUT2D eigenvalue weighted by molar-refractivity contribution is 7.99. The Bertz CT molecular complexity index is 1290. The molecule has 0 saturated carbocycles. The van der Waals surface area contributed by atoms with Gasteiger partial charge in [0.25, 0.3) is 0 Å². The van der Waals surface area contributed by atoms with Crippen LogP contribution >= 0.6 is 11.8 Å². The van der Waals surface area contributed by atoms with Gasteiger partial charge in [-0.2, -0.15) is 5.26 Å². The average Bonchev–Trinajstić information content (AvgIpc) is 3.34. The summed E-state index contributed by atoms with van der Waals surface area (Å²) < 4.78 is 2.13. The first kappa shape index (κ1) is 26.1. The summed E-state index contributed by atoms with van der Waals surface area (Å²) in [5.41, 5.74) is 3.20. The Morgan fingerprint density at radius 1 is 0.946 bits per heavy atom. The molecule has 8 heteroatoms. The van der Waals surface area contributed by atoms with Gasteiger partial charge in [0, 0.05) is 49.8 Å². The van der Waals surface area contributed by atoms with E-state index in [1.807, 2.05) is 48.5 Å². The Morgan fingerprint density at radius 2 is 1.70 bits per heavy atom. The van der Waals surface area contributed by atoms with Gasteiger partial charge in [-0.25, -0.2) is 0 Å². The minimum absolute atomic E-state index is 0.0710. The van der Waals surface area contributed by atoms with E-state index < -0.39 is 0 Å². The van der Waals surface area contributed by atoms with Gasteiger partial charge < -0.3 is 4.90 Å². The van der Waals surface area contributed by atoms with Crippen molar-refractivity contribution in [3.05, 3.63) is 102 Å². The van der Waals surface area contributed by atoms with Gasteiger partial charge in [0.2, 0.25) is 5.91 Å². The SMILES string of the molecule is N#CCCN(Cc1cccnc1)C(=O)CCCCSc1nnc(Cc2ccccc2)n1-c1ccccc1. The Morgan fingerprint density at radius 3 is 2.43 bits per heavy atom. The third-order valence-corrected chi connectivity index (χ3v) is 6.89. The zero-order chi connectivity index (χ0) is 25.7. The van der Waals surface area contributed by atoms with E-state index in [1.54, 1.807) is 29.1 Å². The quantitative estimate of drug-likeness (QED) is 0.175. The number of benzene rings is 2. The number of unbranched alkanes of at least 4 members (excludes halogenated alkanes) is 1. The van der Waals surface area contributed by atoms with Gasteiger partial charge in [-0.15, -0.1) is 10.2 Å². The molecule has 4 rings (SSSR count). The molecule has 2 heterocycles. The van der Waals surface area contributed by atoms with Gasteiger partial charge in [0.1, 0.15) is 5.82 Å². The number of nitrogens with zero attached hydrogens (tertiary/aromatic N) is 6. The number of hydrogen-bond donors (Lipinski definition) is 0. The normalized spacial score (nSPS) is 10.7. The first-order valence-electron chi connectivity index (χ1n) is 12.4. The summed E-state index contributed by atoms with van der Waals surface area (Å²) >= 11 is 1.66. The summed E-state index contributed by atoms with van der Waals surface area (Å²) in [6.07, 6.45) is 6.61. The van der Waals surface area contributed by atoms with Crippen molar-refractivity contribution in [1.29, 1.82) is 5.26 Å². The lowest BCUT2D eigenvalue weighted by molar-refractivity contribution is -0.131. The van der Waals surface area contributed by atoms with Crippen LogP contribution in [0, 0.1) is 11.3 Å². The van der Waals surface area contributed by atoms with E-state index in [4.69, 9.17) is 5.26 Å². The van der Waals surface area contributed by atoms with Crippen LogP contribution in [0.4, 0.5) is 0 Å². The predicted octanol–water partition coefficient (Wildman–Crippen LogP) is 5.46. The van der Waals surface area contributed by atoms with Gasteiger partial charge >= 0.3 is 0 Å². The summed E-state index contributed by atoms with van der Waals surface area (Å²) in [5, 5.41) is 18.8. The van der Waals surface area contributed by atoms with E-state index in [1.165, 1.54) is 5.56 Å². The van der Waals surface area contributed by atoms with Crippen molar-refractivity contribution < 1.29 is 4.79 Å². The highest BCUT2D eigenvalue weighted by atomic mass is 32.2. The largest absolute Gasteiger partial charge is 0.337 e. The topological polar surface area (TPSA) is 87.7 Å². The lowest BCUT2D eigenvalue weighted by atomic mass is 10.1. The fourth-order valence-corrected chi connectivity index (χ4v) is 4.98. The Labute approximate surface area is 222 Å². The van der Waals surface area contributed by atoms with E-state index >= 15 is 0 Å². The Hall–Kier alpha value is -3.96. The molecule has 0 spiro atoms. The molecule has 7 nitrogen and oxygen atoms in total. The van der Waals surface area contributed by atoms with Crippen LogP contribution in [0.1, 0.15) is 42.6 Å². The molecule has 0 fully saturated rings. The van der Waals surface area contributed by atoms with Crippen LogP contribution in [0.5, 0.6) is 0 Å². The molecular formula is C29H30N6OS. The van der Waals surface area contributed by atoms with Crippen LogP contribution < -0.4 is 0 Å². The molecule has 1 amide bonds. The molecule has 0 atom stereocenters. The number of carbonyl (C=O) groups is 1. The first-order chi connectivity index (χ1) is 18.2. The molecule has 0 radical (unpaired) electrons. The summed E-state index contributed by atoms with van der Waals surface area (Å²) in [5.74, 6) is 1.81. The number of nitriles is 1. The van der Waals surface area contributed by atoms with Crippen LogP contribution in [0.2, 0.25) is 0 Å². The van der Waals surface area contributed by atoms with Crippen molar-refractivity contribution >= 4 is 17.7 Å². The minimum Gasteiger partial charge on any atom is -0.337 e. The summed E-state index contributed by atoms with van der Waals surface area (Å²) in [6, 6.07) is 26.4. The van der Waals surface area contributed by atoms with E-state index in [0.717, 1.165) is 40.8 Å². The Kier molecular flexibility index (Phi) is 9.85. The molecule has 0 saturated heterocycles. The average molecular weight is 511 g/mol. The number of carbonyl (C=O) groups excluding carboxylic acids is 1. The second-order valence-electron chi connectivity index (χ2n) is 8.62. The van der Waals surface area contributed by atoms with Crippen LogP contribution in [0.3, 0.4) is 0 Å². The molecule has 4 aromatic rings. The van der Waals surface area contributed by atoms with E-state index in [-0.39, 0.29) is 5.91 Å². The molecule has 0 aliphatic rings. The third kappa shape index (κ3) is 7.76. The molecule has 0 N–H and O–H groups in total. The van der Waals surface area contributed by atoms with Crippen molar-refractivity contribution in [2.75, 3.05) is 12.3 Å². The number of para-hydroxylation sites is 1. The molecule has 0 aliphatic heterocycles. The van der Waals surface area contributed by atoms with E-state index in [2.05, 4.69) is 50.1 Å². The maximum atomic E-state index is 12.9. The zero-order valence-electron chi connectivity index (χ0n) is 20.7. The van der Waals surface area contributed by atoms with Gasteiger partial charge in [0.05, 0.1) is 12.5 Å². The lowest BCUT2D eigenvalue weighted by Gasteiger charge is -2.21. The summed E-state index contributed by atoms with van der Waals surface area (Å²) in [4.78, 5) is 18.8. The highest BCUT2D eigenvalue weighted by Gasteiger charge is 2.16. The number of thioether (sulfide) groups is 1. The fourth-order valence-electron chi connectivity index (χ4n) is 4.01. The van der Waals surface area contributed by atoms with Crippen molar-refractivity contribution in [1.82, 2.24) is 24.6 Å². The maximum absolute atomic E-state index is 12.9. The van der Waals surface area contributed by atoms with Crippen molar-refractivity contribution in [3.63, 3.8) is 0 Å². The highest BCUT2D eigenvalue weighted by Crippen LogP contribution is 2.24. The number of pyridine rings is 1. The van der Waals surface area contributed by atoms with E-state index in [0.29, 0.717) is 32.4 Å². The minimum atomic E-state index is 0.0710. The van der Waals surface area contributed by atoms with Crippen molar-refractivity contribution in [2.45, 2.75) is 43.8 Å². The van der Waals surface area contributed by atoms with Crippen LogP contribution in [-0.2, 0) is 17.8 Å². The molecule has 37 heavy (non-hydrogen) atoms. The number of aromatic nitrogens is 4. The van der Waals surface area contributed by atoms with Crippen molar-refractivity contribution in [3.8, 4) is 11.8 Å². The lowest BCUT2D eigenvalue weighted by Crippen LogP contribution is -2.31. The van der Waals surface area contributed by atoms with Gasteiger partial charge in [0.15, 0.2) is 5.16 Å². The molecule has 0 unspecified atom stereocenters. The molecule has 2 aromatic carbocycles. The van der Waals surface area contributed by atoms with Gasteiger partial charge in [-0.05, 0) is 42.2 Å². The summed E-state index contributed by atoms with van der Waals surface area (Å²) in [7, 11) is 0. The maximum Gasteiger partial charge on any atom is 0.222 e. The van der Waals surface area contributed by atoms with Gasteiger partial charge in [-0.1, -0.05) is 66.4 Å². The summed E-state index contributed by atoms with van der Waals surface area (Å²) in [6.45, 7) is 0.914. The third-order valence-electron chi connectivity index (χ3n) is 5.88. The standard InChI is InChI=1S/C29H30N6OS/c30-17-10-19-34(23-25-13-9-18-31-22-25)28(36)16-7-8-20-37-29-33-32-27(21-24-11-3-1-4-12-24)35(29)26-14-5-2-6-15-26/h1-6,9,11-15,18,22H,7-8,10,16,19-21,23H2. The molecule has 188 valence electrons. The fraction of sp³-hybridized carbons (Fsp3) is 0.276. The second-order valence-corrected chi connectivity index (χ2v) is 9.68. The van der Waals surface area contributed by atoms with Gasteiger partial charge in [-0.3, -0.25) is 14.3 Å². The predicted molar refractivity (Wildman–Crippen MR) is 145 cm³/mol. The molecule has 0 aliphatic carbocycles. The van der Waals surface area contributed by atoms with Crippen molar-refractivity contribution in [2.24, 2.45) is 0 Å². The number of hydrogen-bond acceptors (Lipinski definition) is 6. The monoisotopic (exact) mass is 510 g/mol. The molecule has 2 aromatic heterocycles. The number of amides is 1. The number of rotatable bonds is 13. The zero-order valence-corrected chi connectivity index (χ0v) is 21.6.